The van der Waals surface area contributed by atoms with Crippen molar-refractivity contribution in [3.05, 3.63) is 46.8 Å². The molecule has 0 amide bonds. The van der Waals surface area contributed by atoms with Crippen molar-refractivity contribution in [2.45, 2.75) is 25.5 Å². The van der Waals surface area contributed by atoms with Crippen LogP contribution < -0.4 is 15.2 Å². The molecule has 7 nitrogen and oxygen atoms in total. The third kappa shape index (κ3) is 3.79. The summed E-state index contributed by atoms with van der Waals surface area (Å²) in [7, 11) is 0. The quantitative estimate of drug-likeness (QED) is 0.694. The third-order valence-electron chi connectivity index (χ3n) is 4.42. The van der Waals surface area contributed by atoms with Crippen LogP contribution in [0.5, 0.6) is 5.75 Å². The molecule has 0 spiro atoms. The number of rotatable bonds is 6. The van der Waals surface area contributed by atoms with E-state index in [1.54, 1.807) is 12.1 Å². The number of halogens is 1. The molecule has 0 saturated carbocycles. The summed E-state index contributed by atoms with van der Waals surface area (Å²) in [4.78, 5) is 23.5. The second kappa shape index (κ2) is 7.61. The van der Waals surface area contributed by atoms with Gasteiger partial charge in [-0.15, -0.1) is 0 Å². The highest BCUT2D eigenvalue weighted by atomic mass is 32.1. The molecule has 1 atom stereocenters. The first kappa shape index (κ1) is 17.9. The van der Waals surface area contributed by atoms with Gasteiger partial charge in [-0.2, -0.15) is 4.98 Å². The highest BCUT2D eigenvalue weighted by Gasteiger charge is 2.19. The molecule has 3 heterocycles. The number of anilines is 1. The maximum absolute atomic E-state index is 13.6. The van der Waals surface area contributed by atoms with Gasteiger partial charge in [0.25, 0.3) is 5.56 Å². The lowest BCUT2D eigenvalue weighted by Crippen LogP contribution is -2.30. The molecule has 0 bridgehead atoms. The smallest absolute Gasteiger partial charge is 0.273 e. The average molecular weight is 390 g/mol. The van der Waals surface area contributed by atoms with Gasteiger partial charge in [-0.05, 0) is 25.0 Å². The van der Waals surface area contributed by atoms with Crippen LogP contribution in [0.25, 0.3) is 10.3 Å². The fourth-order valence-electron chi connectivity index (χ4n) is 3.04. The summed E-state index contributed by atoms with van der Waals surface area (Å²) in [5, 5.41) is 11.0. The summed E-state index contributed by atoms with van der Waals surface area (Å²) < 4.78 is 20.7. The predicted molar refractivity (Wildman–Crippen MR) is 101 cm³/mol. The Labute approximate surface area is 158 Å². The largest absolute Gasteiger partial charge is 0.488 e. The third-order valence-corrected chi connectivity index (χ3v) is 5.52. The zero-order valence-corrected chi connectivity index (χ0v) is 15.4. The lowest BCUT2D eigenvalue weighted by Gasteiger charge is -2.13. The van der Waals surface area contributed by atoms with E-state index in [1.807, 2.05) is 0 Å². The van der Waals surface area contributed by atoms with E-state index in [2.05, 4.69) is 14.9 Å². The number of benzene rings is 1. The number of aliphatic hydroxyl groups is 1. The predicted octanol–water partition coefficient (Wildman–Crippen LogP) is 2.03. The molecule has 0 aliphatic carbocycles. The summed E-state index contributed by atoms with van der Waals surface area (Å²) in [5.74, 6) is -0.431. The van der Waals surface area contributed by atoms with Crippen molar-refractivity contribution in [3.63, 3.8) is 0 Å². The monoisotopic (exact) mass is 390 g/mol. The Morgan fingerprint density at radius 1 is 1.30 bits per heavy atom. The number of ether oxygens (including phenoxy) is 1. The van der Waals surface area contributed by atoms with Crippen molar-refractivity contribution in [2.24, 2.45) is 0 Å². The van der Waals surface area contributed by atoms with Gasteiger partial charge < -0.3 is 14.7 Å². The summed E-state index contributed by atoms with van der Waals surface area (Å²) in [6.45, 7) is 1.76. The Balaban J connectivity index is 1.47. The Morgan fingerprint density at radius 2 is 2.07 bits per heavy atom. The van der Waals surface area contributed by atoms with Crippen LogP contribution in [0.15, 0.2) is 35.4 Å². The van der Waals surface area contributed by atoms with E-state index in [-0.39, 0.29) is 24.5 Å². The molecule has 4 rings (SSSR count). The lowest BCUT2D eigenvalue weighted by atomic mass is 10.3. The maximum atomic E-state index is 13.6. The second-order valence-electron chi connectivity index (χ2n) is 6.44. The lowest BCUT2D eigenvalue weighted by molar-refractivity contribution is 0.0895. The zero-order chi connectivity index (χ0) is 18.8. The molecule has 1 saturated heterocycles. The maximum Gasteiger partial charge on any atom is 0.273 e. The molecule has 1 N–H and O–H groups in total. The summed E-state index contributed by atoms with van der Waals surface area (Å²) in [6.07, 6.45) is 2.65. The molecule has 0 radical (unpaired) electrons. The van der Waals surface area contributed by atoms with Crippen LogP contribution in [0.4, 0.5) is 9.52 Å². The molecule has 9 heteroatoms. The van der Waals surface area contributed by atoms with Gasteiger partial charge in [0.2, 0.25) is 0 Å². The topological polar surface area (TPSA) is 80.5 Å². The first-order valence-corrected chi connectivity index (χ1v) is 9.60. The van der Waals surface area contributed by atoms with E-state index >= 15 is 0 Å². The van der Waals surface area contributed by atoms with E-state index in [0.29, 0.717) is 10.3 Å². The van der Waals surface area contributed by atoms with Gasteiger partial charge in [0.1, 0.15) is 23.7 Å². The zero-order valence-electron chi connectivity index (χ0n) is 14.5. The SMILES string of the molecule is O=c1c2sc(N3CCCC3)nc2ncn1CC(O)COc1ccccc1F. The van der Waals surface area contributed by atoms with Crippen molar-refractivity contribution in [3.8, 4) is 5.75 Å². The van der Waals surface area contributed by atoms with Crippen molar-refractivity contribution in [1.82, 2.24) is 14.5 Å². The highest BCUT2D eigenvalue weighted by molar-refractivity contribution is 7.22. The number of aromatic nitrogens is 3. The Hall–Kier alpha value is -2.52. The fraction of sp³-hybridized carbons (Fsp3) is 0.389. The molecule has 2 aromatic heterocycles. The molecule has 27 heavy (non-hydrogen) atoms. The standard InChI is InChI=1S/C18H19FN4O3S/c19-13-5-1-2-6-14(13)26-10-12(24)9-23-11-20-16-15(17(23)25)27-18(21-16)22-7-3-4-8-22/h1-2,5-6,11-12,24H,3-4,7-10H2. The first-order valence-electron chi connectivity index (χ1n) is 8.78. The van der Waals surface area contributed by atoms with Gasteiger partial charge in [0.05, 0.1) is 6.54 Å². The molecule has 1 aromatic carbocycles. The molecular formula is C18H19FN4O3S. The van der Waals surface area contributed by atoms with Crippen LogP contribution in [0, 0.1) is 5.82 Å². The summed E-state index contributed by atoms with van der Waals surface area (Å²) >= 11 is 1.33. The van der Waals surface area contributed by atoms with Crippen molar-refractivity contribution < 1.29 is 14.2 Å². The molecule has 142 valence electrons. The minimum absolute atomic E-state index is 0.00712. The Bertz CT molecular complexity index is 1000. The number of para-hydroxylation sites is 1. The van der Waals surface area contributed by atoms with E-state index in [1.165, 1.54) is 34.4 Å². The van der Waals surface area contributed by atoms with Gasteiger partial charge in [-0.25, -0.2) is 9.37 Å². The van der Waals surface area contributed by atoms with Crippen LogP contribution >= 0.6 is 11.3 Å². The molecule has 1 unspecified atom stereocenters. The number of aliphatic hydroxyl groups excluding tert-OH is 1. The van der Waals surface area contributed by atoms with Crippen molar-refractivity contribution in [2.75, 3.05) is 24.6 Å². The van der Waals surface area contributed by atoms with E-state index < -0.39 is 11.9 Å². The highest BCUT2D eigenvalue weighted by Crippen LogP contribution is 2.27. The van der Waals surface area contributed by atoms with Gasteiger partial charge in [-0.3, -0.25) is 9.36 Å². The van der Waals surface area contributed by atoms with E-state index in [9.17, 15) is 14.3 Å². The molecule has 1 fully saturated rings. The summed E-state index contributed by atoms with van der Waals surface area (Å²) in [6, 6.07) is 5.98. The van der Waals surface area contributed by atoms with Gasteiger partial charge in [0, 0.05) is 13.1 Å². The normalized spacial score (nSPS) is 15.4. The van der Waals surface area contributed by atoms with Crippen molar-refractivity contribution >= 4 is 26.8 Å². The number of thiazole rings is 1. The van der Waals surface area contributed by atoms with Crippen LogP contribution in [-0.2, 0) is 6.54 Å². The molecule has 1 aliphatic rings. The summed E-state index contributed by atoms with van der Waals surface area (Å²) in [5.41, 5.74) is 0.188. The minimum Gasteiger partial charge on any atom is -0.488 e. The fourth-order valence-corrected chi connectivity index (χ4v) is 4.06. The number of hydrogen-bond donors (Lipinski definition) is 1. The van der Waals surface area contributed by atoms with E-state index in [0.717, 1.165) is 31.1 Å². The number of nitrogens with zero attached hydrogens (tertiary/aromatic N) is 4. The van der Waals surface area contributed by atoms with Crippen LogP contribution in [0.2, 0.25) is 0 Å². The second-order valence-corrected chi connectivity index (χ2v) is 7.42. The van der Waals surface area contributed by atoms with Gasteiger partial charge in [-0.1, -0.05) is 23.5 Å². The van der Waals surface area contributed by atoms with Crippen LogP contribution in [-0.4, -0.2) is 45.4 Å². The van der Waals surface area contributed by atoms with E-state index in [4.69, 9.17) is 4.74 Å². The minimum atomic E-state index is -0.979. The Kier molecular flexibility index (Phi) is 5.04. The van der Waals surface area contributed by atoms with Crippen LogP contribution in [0.3, 0.4) is 0 Å². The molecule has 1 aliphatic heterocycles. The average Bonchev–Trinajstić information content (AvgIpc) is 3.33. The number of hydrogen-bond acceptors (Lipinski definition) is 7. The Morgan fingerprint density at radius 3 is 2.85 bits per heavy atom. The number of fused-ring (bicyclic) bond motifs is 1. The van der Waals surface area contributed by atoms with Crippen molar-refractivity contribution in [1.29, 1.82) is 0 Å². The van der Waals surface area contributed by atoms with Gasteiger partial charge >= 0.3 is 0 Å². The first-order chi connectivity index (χ1) is 13.1. The molecular weight excluding hydrogens is 371 g/mol. The molecule has 3 aromatic rings. The van der Waals surface area contributed by atoms with Gasteiger partial charge in [0.15, 0.2) is 22.3 Å². The van der Waals surface area contributed by atoms with Crippen LogP contribution in [0.1, 0.15) is 12.8 Å².